The van der Waals surface area contributed by atoms with E-state index in [2.05, 4.69) is 22.2 Å². The Morgan fingerprint density at radius 1 is 1.07 bits per heavy atom. The molecule has 1 fully saturated rings. The number of thiocarbonyl (C=S) groups is 1. The Balaban J connectivity index is 2.62. The van der Waals surface area contributed by atoms with Crippen molar-refractivity contribution >= 4 is 29.2 Å². The monoisotopic (exact) mass is 214 g/mol. The normalized spacial score (nSPS) is 18.7. The van der Waals surface area contributed by atoms with Gasteiger partial charge in [-0.2, -0.15) is 9.98 Å². The summed E-state index contributed by atoms with van der Waals surface area (Å²) in [7, 11) is 0. The molecule has 0 bridgehead atoms. The van der Waals surface area contributed by atoms with Crippen LogP contribution in [0.4, 0.5) is 0 Å². The second kappa shape index (κ2) is 4.75. The molecule has 0 radical (unpaired) electrons. The van der Waals surface area contributed by atoms with Gasteiger partial charge >= 0.3 is 0 Å². The summed E-state index contributed by atoms with van der Waals surface area (Å²) in [5.41, 5.74) is 16.3. The van der Waals surface area contributed by atoms with E-state index >= 15 is 0 Å². The summed E-state index contributed by atoms with van der Waals surface area (Å²) >= 11 is 4.55. The van der Waals surface area contributed by atoms with Crippen molar-refractivity contribution in [3.05, 3.63) is 0 Å². The van der Waals surface area contributed by atoms with Crippen LogP contribution in [0.15, 0.2) is 9.98 Å². The minimum Gasteiger partial charge on any atom is -0.374 e. The first-order valence-corrected chi connectivity index (χ1v) is 4.73. The van der Waals surface area contributed by atoms with E-state index in [1.165, 1.54) is 0 Å². The third-order valence-electron chi connectivity index (χ3n) is 1.88. The Kier molecular flexibility index (Phi) is 3.63. The van der Waals surface area contributed by atoms with Crippen molar-refractivity contribution in [1.29, 1.82) is 0 Å². The summed E-state index contributed by atoms with van der Waals surface area (Å²) in [6, 6.07) is 0. The molecule has 0 aromatic rings. The van der Waals surface area contributed by atoms with Gasteiger partial charge < -0.3 is 22.1 Å². The molecular weight excluding hydrogens is 200 g/mol. The van der Waals surface area contributed by atoms with E-state index in [0.29, 0.717) is 5.96 Å². The third-order valence-corrected chi connectivity index (χ3v) is 1.98. The first-order chi connectivity index (χ1) is 6.59. The van der Waals surface area contributed by atoms with Crippen LogP contribution < -0.4 is 17.2 Å². The van der Waals surface area contributed by atoms with Crippen LogP contribution in [0.1, 0.15) is 12.8 Å². The summed E-state index contributed by atoms with van der Waals surface area (Å²) in [5.74, 6) is 0.377. The number of hydrogen-bond acceptors (Lipinski definition) is 1. The lowest BCUT2D eigenvalue weighted by Gasteiger charge is -2.15. The number of guanidine groups is 2. The van der Waals surface area contributed by atoms with Crippen molar-refractivity contribution in [2.75, 3.05) is 13.1 Å². The first-order valence-electron chi connectivity index (χ1n) is 4.32. The number of hydrogen-bond donors (Lipinski definition) is 3. The molecular formula is C7H14N6S. The maximum atomic E-state index is 5.69. The van der Waals surface area contributed by atoms with Gasteiger partial charge in [0.15, 0.2) is 11.1 Å². The minimum atomic E-state index is -0.0412. The van der Waals surface area contributed by atoms with E-state index in [-0.39, 0.29) is 11.1 Å². The van der Waals surface area contributed by atoms with Gasteiger partial charge in [-0.1, -0.05) is 0 Å². The minimum absolute atomic E-state index is 0.00176. The summed E-state index contributed by atoms with van der Waals surface area (Å²) < 4.78 is 0. The van der Waals surface area contributed by atoms with Gasteiger partial charge in [0.1, 0.15) is 0 Å². The summed E-state index contributed by atoms with van der Waals surface area (Å²) in [4.78, 5) is 9.42. The Labute approximate surface area is 87.9 Å². The predicted octanol–water partition coefficient (Wildman–Crippen LogP) is -1.04. The fourth-order valence-electron chi connectivity index (χ4n) is 1.27. The van der Waals surface area contributed by atoms with Gasteiger partial charge in [0.25, 0.3) is 0 Å². The lowest BCUT2D eigenvalue weighted by molar-refractivity contribution is 0.514. The molecule has 1 saturated heterocycles. The maximum absolute atomic E-state index is 5.69. The Morgan fingerprint density at radius 2 is 1.64 bits per heavy atom. The lowest BCUT2D eigenvalue weighted by atomic mass is 10.4. The molecule has 0 saturated carbocycles. The molecule has 0 amide bonds. The van der Waals surface area contributed by atoms with Crippen LogP contribution in [0.5, 0.6) is 0 Å². The van der Waals surface area contributed by atoms with E-state index < -0.39 is 0 Å². The molecule has 0 atom stereocenters. The van der Waals surface area contributed by atoms with Crippen LogP contribution in [0.25, 0.3) is 0 Å². The van der Waals surface area contributed by atoms with Crippen molar-refractivity contribution in [3.63, 3.8) is 0 Å². The summed E-state index contributed by atoms with van der Waals surface area (Å²) in [5, 5.41) is -0.0412. The van der Waals surface area contributed by atoms with E-state index in [1.54, 1.807) is 0 Å². The van der Waals surface area contributed by atoms with Crippen molar-refractivity contribution in [2.45, 2.75) is 12.8 Å². The van der Waals surface area contributed by atoms with Gasteiger partial charge in [-0.3, -0.25) is 0 Å². The van der Waals surface area contributed by atoms with E-state index in [0.717, 1.165) is 25.9 Å². The summed E-state index contributed by atoms with van der Waals surface area (Å²) in [6.07, 6.45) is 2.26. The molecule has 0 aromatic heterocycles. The molecule has 0 aliphatic carbocycles. The zero-order valence-corrected chi connectivity index (χ0v) is 8.63. The molecule has 14 heavy (non-hydrogen) atoms. The zero-order chi connectivity index (χ0) is 10.6. The van der Waals surface area contributed by atoms with Crippen LogP contribution >= 0.6 is 12.2 Å². The molecule has 6 nitrogen and oxygen atoms in total. The highest BCUT2D eigenvalue weighted by molar-refractivity contribution is 7.80. The molecule has 1 aliphatic rings. The predicted molar refractivity (Wildman–Crippen MR) is 60.8 cm³/mol. The van der Waals surface area contributed by atoms with Crippen molar-refractivity contribution in [2.24, 2.45) is 27.2 Å². The maximum Gasteiger partial charge on any atom is 0.225 e. The Morgan fingerprint density at radius 3 is 2.14 bits per heavy atom. The average molecular weight is 214 g/mol. The Bertz CT molecular complexity index is 278. The summed E-state index contributed by atoms with van der Waals surface area (Å²) in [6.45, 7) is 1.82. The molecule has 78 valence electrons. The average Bonchev–Trinajstić information content (AvgIpc) is 2.53. The number of nitrogens with two attached hydrogens (primary N) is 3. The van der Waals surface area contributed by atoms with Gasteiger partial charge in [-0.05, 0) is 25.1 Å². The third kappa shape index (κ3) is 3.17. The van der Waals surface area contributed by atoms with Gasteiger partial charge in [0.05, 0.1) is 0 Å². The van der Waals surface area contributed by atoms with Crippen LogP contribution in [-0.2, 0) is 0 Å². The SMILES string of the molecule is NC(=S)/N=C(N)/N=C(\N)N1CCCC1. The number of aliphatic imine (C=N–C) groups is 2. The van der Waals surface area contributed by atoms with Crippen LogP contribution in [0.3, 0.4) is 0 Å². The smallest absolute Gasteiger partial charge is 0.225 e. The van der Waals surface area contributed by atoms with Gasteiger partial charge in [-0.25, -0.2) is 0 Å². The highest BCUT2D eigenvalue weighted by Crippen LogP contribution is 2.05. The molecule has 6 N–H and O–H groups in total. The van der Waals surface area contributed by atoms with E-state index in [9.17, 15) is 0 Å². The van der Waals surface area contributed by atoms with Crippen LogP contribution in [0.2, 0.25) is 0 Å². The van der Waals surface area contributed by atoms with Crippen LogP contribution in [0, 0.1) is 0 Å². The van der Waals surface area contributed by atoms with Crippen molar-refractivity contribution < 1.29 is 0 Å². The second-order valence-electron chi connectivity index (χ2n) is 2.97. The zero-order valence-electron chi connectivity index (χ0n) is 7.81. The highest BCUT2D eigenvalue weighted by atomic mass is 32.1. The van der Waals surface area contributed by atoms with Crippen molar-refractivity contribution in [1.82, 2.24) is 4.90 Å². The van der Waals surface area contributed by atoms with Crippen molar-refractivity contribution in [3.8, 4) is 0 Å². The van der Waals surface area contributed by atoms with Gasteiger partial charge in [0, 0.05) is 13.1 Å². The van der Waals surface area contributed by atoms with Gasteiger partial charge in [-0.15, -0.1) is 0 Å². The number of likely N-dealkylation sites (tertiary alicyclic amines) is 1. The standard InChI is InChI=1S/C7H14N6S/c8-5(12-7(10)14)11-6(9)13-3-1-2-4-13/h1-4H2,(H6,8,9,10,11,12,14). The number of nitrogens with zero attached hydrogens (tertiary/aromatic N) is 3. The van der Waals surface area contributed by atoms with Gasteiger partial charge in [0.2, 0.25) is 5.96 Å². The Hall–Kier alpha value is -1.37. The fourth-order valence-corrected chi connectivity index (χ4v) is 1.37. The highest BCUT2D eigenvalue weighted by Gasteiger charge is 2.13. The molecule has 0 spiro atoms. The molecule has 1 aliphatic heterocycles. The fraction of sp³-hybridized carbons (Fsp3) is 0.571. The lowest BCUT2D eigenvalue weighted by Crippen LogP contribution is -2.36. The number of rotatable bonds is 0. The topological polar surface area (TPSA) is 106 Å². The molecule has 0 aromatic carbocycles. The largest absolute Gasteiger partial charge is 0.374 e. The van der Waals surface area contributed by atoms with E-state index in [1.807, 2.05) is 4.90 Å². The molecule has 7 heteroatoms. The van der Waals surface area contributed by atoms with Crippen LogP contribution in [-0.4, -0.2) is 35.0 Å². The first kappa shape index (κ1) is 10.7. The molecule has 1 heterocycles. The second-order valence-corrected chi connectivity index (χ2v) is 3.39. The molecule has 1 rings (SSSR count). The quantitative estimate of drug-likeness (QED) is 0.271. The molecule has 0 unspecified atom stereocenters. The van der Waals surface area contributed by atoms with E-state index in [4.69, 9.17) is 17.2 Å².